The Labute approximate surface area is 209 Å². The molecule has 1 aromatic heterocycles. The molecular formula is C20H24BrN3O9S. The van der Waals surface area contributed by atoms with Gasteiger partial charge in [-0.05, 0) is 40.3 Å². The zero-order valence-electron chi connectivity index (χ0n) is 18.7. The van der Waals surface area contributed by atoms with E-state index < -0.39 is 54.5 Å². The third kappa shape index (κ3) is 8.50. The fraction of sp³-hybridized carbons (Fsp3) is 0.500. The molecule has 5 atom stereocenters. The van der Waals surface area contributed by atoms with E-state index in [9.17, 15) is 19.2 Å². The summed E-state index contributed by atoms with van der Waals surface area (Å²) >= 11 is 8.60. The molecular weight excluding hydrogens is 538 g/mol. The monoisotopic (exact) mass is 561 g/mol. The van der Waals surface area contributed by atoms with Crippen LogP contribution in [0.25, 0.3) is 0 Å². The third-order valence-electron chi connectivity index (χ3n) is 4.23. The molecule has 1 aromatic rings. The van der Waals surface area contributed by atoms with Gasteiger partial charge in [0.15, 0.2) is 29.7 Å². The van der Waals surface area contributed by atoms with E-state index in [0.29, 0.717) is 5.82 Å². The van der Waals surface area contributed by atoms with Crippen molar-refractivity contribution in [2.24, 2.45) is 0 Å². The van der Waals surface area contributed by atoms with Gasteiger partial charge in [0.2, 0.25) is 0 Å². The highest BCUT2D eigenvalue weighted by Crippen LogP contribution is 2.28. The second-order valence-electron chi connectivity index (χ2n) is 7.08. The Morgan fingerprint density at radius 1 is 0.971 bits per heavy atom. The quantitative estimate of drug-likeness (QED) is 0.279. The third-order valence-corrected chi connectivity index (χ3v) is 4.92. The number of pyridine rings is 1. The van der Waals surface area contributed by atoms with E-state index in [1.165, 1.54) is 6.92 Å². The summed E-state index contributed by atoms with van der Waals surface area (Å²) in [7, 11) is 0. The van der Waals surface area contributed by atoms with Crippen molar-refractivity contribution in [3.05, 3.63) is 22.8 Å². The van der Waals surface area contributed by atoms with E-state index in [1.54, 1.807) is 18.3 Å². The summed E-state index contributed by atoms with van der Waals surface area (Å²) in [6.07, 6.45) is -4.55. The van der Waals surface area contributed by atoms with E-state index in [2.05, 4.69) is 31.5 Å². The van der Waals surface area contributed by atoms with Crippen LogP contribution in [0, 0.1) is 0 Å². The molecule has 2 rings (SSSR count). The summed E-state index contributed by atoms with van der Waals surface area (Å²) in [5.41, 5.74) is 0. The minimum atomic E-state index is -1.30. The molecule has 0 spiro atoms. The number of hydrogen-bond acceptors (Lipinski definition) is 11. The van der Waals surface area contributed by atoms with Gasteiger partial charge in [-0.1, -0.05) is 0 Å². The molecule has 1 aliphatic rings. The highest BCUT2D eigenvalue weighted by molar-refractivity contribution is 9.10. The fourth-order valence-electron chi connectivity index (χ4n) is 3.08. The first-order valence-corrected chi connectivity index (χ1v) is 11.2. The molecule has 1 fully saturated rings. The number of anilines is 1. The summed E-state index contributed by atoms with van der Waals surface area (Å²) < 4.78 is 27.7. The molecule has 0 saturated carbocycles. The standard InChI is InChI=1S/C20H24BrN3O9S/c1-9(25)29-8-14-16(30-10(2)26)17(31-11(3)27)18(32-12(4)28)19(33-14)24-20(34)23-15-6-5-13(21)7-22-15/h5-7,14,16-19H,8H2,1-4H3,(H2,22,23,24,34)/t14-,16+,17+,18+,19+/m0/s1. The van der Waals surface area contributed by atoms with E-state index >= 15 is 0 Å². The number of hydrogen-bond donors (Lipinski definition) is 2. The fourth-order valence-corrected chi connectivity index (χ4v) is 3.53. The van der Waals surface area contributed by atoms with Crippen molar-refractivity contribution in [1.29, 1.82) is 0 Å². The number of rotatable bonds is 7. The van der Waals surface area contributed by atoms with Crippen LogP contribution >= 0.6 is 28.1 Å². The summed E-state index contributed by atoms with van der Waals surface area (Å²) in [6.45, 7) is 4.28. The molecule has 0 aromatic carbocycles. The van der Waals surface area contributed by atoms with Crippen LogP contribution in [0.15, 0.2) is 22.8 Å². The average Bonchev–Trinajstić information content (AvgIpc) is 2.71. The molecule has 12 nitrogen and oxygen atoms in total. The Bertz CT molecular complexity index is 930. The number of carbonyl (C=O) groups is 4. The number of esters is 4. The van der Waals surface area contributed by atoms with Crippen LogP contribution in [0.5, 0.6) is 0 Å². The lowest BCUT2D eigenvalue weighted by molar-refractivity contribution is -0.254. The second kappa shape index (κ2) is 12.6. The number of nitrogens with one attached hydrogen (secondary N) is 2. The maximum Gasteiger partial charge on any atom is 0.303 e. The number of carbonyl (C=O) groups excluding carboxylic acids is 4. The molecule has 0 amide bonds. The van der Waals surface area contributed by atoms with Crippen molar-refractivity contribution in [3.63, 3.8) is 0 Å². The Morgan fingerprint density at radius 3 is 2.09 bits per heavy atom. The predicted octanol–water partition coefficient (Wildman–Crippen LogP) is 1.21. The van der Waals surface area contributed by atoms with Crippen LogP contribution in [0.4, 0.5) is 5.82 Å². The van der Waals surface area contributed by atoms with Gasteiger partial charge in [-0.15, -0.1) is 0 Å². The Hall–Kier alpha value is -2.84. The molecule has 34 heavy (non-hydrogen) atoms. The van der Waals surface area contributed by atoms with Gasteiger partial charge in [0.25, 0.3) is 0 Å². The van der Waals surface area contributed by atoms with Gasteiger partial charge in [0, 0.05) is 38.4 Å². The Kier molecular flexibility index (Phi) is 10.1. The largest absolute Gasteiger partial charge is 0.463 e. The smallest absolute Gasteiger partial charge is 0.303 e. The van der Waals surface area contributed by atoms with Crippen LogP contribution in [0.2, 0.25) is 0 Å². The van der Waals surface area contributed by atoms with Crippen molar-refractivity contribution in [2.45, 2.75) is 58.3 Å². The number of ether oxygens (including phenoxy) is 5. The molecule has 0 aliphatic carbocycles. The maximum atomic E-state index is 11.8. The van der Waals surface area contributed by atoms with E-state index in [0.717, 1.165) is 25.2 Å². The highest BCUT2D eigenvalue weighted by Gasteiger charge is 2.52. The van der Waals surface area contributed by atoms with Gasteiger partial charge >= 0.3 is 23.9 Å². The van der Waals surface area contributed by atoms with Gasteiger partial charge in [-0.3, -0.25) is 19.2 Å². The second-order valence-corrected chi connectivity index (χ2v) is 8.40. The Balaban J connectivity index is 2.35. The normalized spacial score (nSPS) is 23.7. The molecule has 2 heterocycles. The maximum absolute atomic E-state index is 11.8. The zero-order chi connectivity index (χ0) is 25.4. The molecule has 2 N–H and O–H groups in total. The van der Waals surface area contributed by atoms with Crippen LogP contribution in [0.1, 0.15) is 27.7 Å². The molecule has 1 saturated heterocycles. The average molecular weight is 562 g/mol. The van der Waals surface area contributed by atoms with Crippen molar-refractivity contribution >= 4 is 63.0 Å². The SMILES string of the molecule is CC(=O)OC[C@@H]1O[C@@H](NC(=S)Nc2ccc(Br)cn2)[C@H](OC(C)=O)[C@H](OC(C)=O)[C@@H]1OC(C)=O. The van der Waals surface area contributed by atoms with Gasteiger partial charge < -0.3 is 34.3 Å². The molecule has 0 unspecified atom stereocenters. The topological polar surface area (TPSA) is 151 Å². The van der Waals surface area contributed by atoms with Crippen LogP contribution in [0.3, 0.4) is 0 Å². The van der Waals surface area contributed by atoms with Crippen molar-refractivity contribution in [1.82, 2.24) is 10.3 Å². The minimum Gasteiger partial charge on any atom is -0.463 e. The molecule has 186 valence electrons. The van der Waals surface area contributed by atoms with Gasteiger partial charge in [0.05, 0.1) is 0 Å². The highest BCUT2D eigenvalue weighted by atomic mass is 79.9. The van der Waals surface area contributed by atoms with Crippen molar-refractivity contribution in [3.8, 4) is 0 Å². The van der Waals surface area contributed by atoms with Crippen LogP contribution in [-0.4, -0.2) is 71.2 Å². The summed E-state index contributed by atoms with van der Waals surface area (Å²) in [5.74, 6) is -2.37. The summed E-state index contributed by atoms with van der Waals surface area (Å²) in [6, 6.07) is 3.40. The Morgan fingerprint density at radius 2 is 1.56 bits per heavy atom. The number of thiocarbonyl (C=S) groups is 1. The van der Waals surface area contributed by atoms with Crippen LogP contribution in [-0.2, 0) is 42.9 Å². The van der Waals surface area contributed by atoms with Gasteiger partial charge in [-0.2, -0.15) is 0 Å². The molecule has 0 bridgehead atoms. The molecule has 0 radical (unpaired) electrons. The first-order chi connectivity index (χ1) is 16.0. The lowest BCUT2D eigenvalue weighted by Crippen LogP contribution is -2.66. The molecule has 1 aliphatic heterocycles. The van der Waals surface area contributed by atoms with Crippen molar-refractivity contribution in [2.75, 3.05) is 11.9 Å². The predicted molar refractivity (Wildman–Crippen MR) is 123 cm³/mol. The minimum absolute atomic E-state index is 0.0377. The lowest BCUT2D eigenvalue weighted by atomic mass is 9.97. The van der Waals surface area contributed by atoms with Gasteiger partial charge in [-0.25, -0.2) is 4.98 Å². The first kappa shape index (κ1) is 27.4. The number of aromatic nitrogens is 1. The lowest BCUT2D eigenvalue weighted by Gasteiger charge is -2.44. The van der Waals surface area contributed by atoms with Gasteiger partial charge in [0.1, 0.15) is 18.5 Å². The summed E-state index contributed by atoms with van der Waals surface area (Å²) in [4.78, 5) is 51.0. The number of nitrogens with zero attached hydrogens (tertiary/aromatic N) is 1. The number of halogens is 1. The molecule has 14 heteroatoms. The first-order valence-electron chi connectivity index (χ1n) is 9.95. The van der Waals surface area contributed by atoms with E-state index in [-0.39, 0.29) is 11.7 Å². The van der Waals surface area contributed by atoms with E-state index in [4.69, 9.17) is 35.9 Å². The zero-order valence-corrected chi connectivity index (χ0v) is 21.1. The summed E-state index contributed by atoms with van der Waals surface area (Å²) in [5, 5.41) is 5.71. The van der Waals surface area contributed by atoms with Crippen molar-refractivity contribution < 1.29 is 42.9 Å². The van der Waals surface area contributed by atoms with Crippen LogP contribution < -0.4 is 10.6 Å². The van der Waals surface area contributed by atoms with E-state index in [1.807, 2.05) is 0 Å².